The maximum Gasteiger partial charge on any atom is 0.237 e. The van der Waals surface area contributed by atoms with E-state index in [-0.39, 0.29) is 11.7 Å². The van der Waals surface area contributed by atoms with Gasteiger partial charge in [0, 0.05) is 10.7 Å². The predicted octanol–water partition coefficient (Wildman–Crippen LogP) is 3.45. The Hall–Kier alpha value is -2.58. The van der Waals surface area contributed by atoms with E-state index in [2.05, 4.69) is 20.8 Å². The van der Waals surface area contributed by atoms with Crippen LogP contribution in [-0.4, -0.2) is 36.5 Å². The molecule has 2 N–H and O–H groups in total. The molecule has 0 saturated heterocycles. The summed E-state index contributed by atoms with van der Waals surface area (Å²) in [6.45, 7) is 3.62. The number of hydrogen-bond donors (Lipinski definition) is 2. The van der Waals surface area contributed by atoms with Gasteiger partial charge < -0.3 is 10.4 Å². The van der Waals surface area contributed by atoms with E-state index in [9.17, 15) is 9.90 Å². The van der Waals surface area contributed by atoms with Crippen molar-refractivity contribution in [1.82, 2.24) is 20.2 Å². The van der Waals surface area contributed by atoms with E-state index in [0.717, 1.165) is 5.56 Å². The number of halogens is 1. The molecule has 9 heteroatoms. The van der Waals surface area contributed by atoms with Gasteiger partial charge in [-0.1, -0.05) is 29.4 Å². The van der Waals surface area contributed by atoms with Crippen molar-refractivity contribution in [3.05, 3.63) is 53.1 Å². The number of phenols is 1. The fourth-order valence-electron chi connectivity index (χ4n) is 2.20. The summed E-state index contributed by atoms with van der Waals surface area (Å²) in [5, 5.41) is 24.5. The number of amides is 1. The normalized spacial score (nSPS) is 12.0. The largest absolute Gasteiger partial charge is 0.508 e. The molecule has 0 aliphatic rings. The van der Waals surface area contributed by atoms with Crippen LogP contribution in [0.15, 0.2) is 47.6 Å². The lowest BCUT2D eigenvalue weighted by atomic mass is 10.2. The molecule has 0 aliphatic heterocycles. The van der Waals surface area contributed by atoms with Crippen LogP contribution < -0.4 is 5.32 Å². The number of thioether (sulfide) groups is 1. The van der Waals surface area contributed by atoms with E-state index in [4.69, 9.17) is 11.6 Å². The molecule has 26 heavy (non-hydrogen) atoms. The lowest BCUT2D eigenvalue weighted by Crippen LogP contribution is -2.23. The van der Waals surface area contributed by atoms with Gasteiger partial charge >= 0.3 is 0 Å². The second-order valence-corrected chi connectivity index (χ2v) is 7.27. The molecule has 1 atom stereocenters. The highest BCUT2D eigenvalue weighted by Crippen LogP contribution is 2.27. The Morgan fingerprint density at radius 3 is 2.73 bits per heavy atom. The number of phenolic OH excluding ortho intramolecular Hbond substituents is 1. The highest BCUT2D eigenvalue weighted by atomic mass is 35.5. The van der Waals surface area contributed by atoms with Crippen molar-refractivity contribution in [2.45, 2.75) is 24.3 Å². The third-order valence-electron chi connectivity index (χ3n) is 3.71. The lowest BCUT2D eigenvalue weighted by Gasteiger charge is -2.13. The van der Waals surface area contributed by atoms with Crippen molar-refractivity contribution < 1.29 is 9.90 Å². The van der Waals surface area contributed by atoms with Gasteiger partial charge in [-0.25, -0.2) is 0 Å². The van der Waals surface area contributed by atoms with E-state index < -0.39 is 5.25 Å². The van der Waals surface area contributed by atoms with Crippen LogP contribution in [0.5, 0.6) is 5.75 Å². The van der Waals surface area contributed by atoms with Gasteiger partial charge in [-0.3, -0.25) is 4.79 Å². The van der Waals surface area contributed by atoms with Crippen molar-refractivity contribution in [2.75, 3.05) is 5.32 Å². The molecule has 0 spiro atoms. The quantitative estimate of drug-likeness (QED) is 0.649. The minimum absolute atomic E-state index is 0.153. The Kier molecular flexibility index (Phi) is 5.43. The summed E-state index contributed by atoms with van der Waals surface area (Å²) in [6.07, 6.45) is 0. The number of carbonyl (C=O) groups is 1. The molecule has 0 bridgehead atoms. The molecule has 2 aromatic carbocycles. The van der Waals surface area contributed by atoms with Crippen LogP contribution in [0.25, 0.3) is 5.69 Å². The number of anilines is 1. The van der Waals surface area contributed by atoms with Crippen LogP contribution in [0.1, 0.15) is 12.5 Å². The van der Waals surface area contributed by atoms with Gasteiger partial charge in [-0.15, -0.1) is 5.10 Å². The van der Waals surface area contributed by atoms with Crippen molar-refractivity contribution in [3.63, 3.8) is 0 Å². The van der Waals surface area contributed by atoms with E-state index in [1.165, 1.54) is 16.4 Å². The van der Waals surface area contributed by atoms with Gasteiger partial charge in [-0.2, -0.15) is 4.68 Å². The van der Waals surface area contributed by atoms with Crippen molar-refractivity contribution in [1.29, 1.82) is 0 Å². The molecular formula is C17H16ClN5O2S. The number of nitrogens with zero attached hydrogens (tertiary/aromatic N) is 4. The third-order valence-corrected chi connectivity index (χ3v) is 5.15. The van der Waals surface area contributed by atoms with Crippen molar-refractivity contribution in [3.8, 4) is 11.4 Å². The number of tetrazole rings is 1. The molecule has 0 fully saturated rings. The number of carbonyl (C=O) groups excluding carboxylic acids is 1. The number of rotatable bonds is 5. The highest BCUT2D eigenvalue weighted by molar-refractivity contribution is 8.00. The van der Waals surface area contributed by atoms with Crippen molar-refractivity contribution in [2.24, 2.45) is 0 Å². The van der Waals surface area contributed by atoms with Gasteiger partial charge in [-0.05, 0) is 66.2 Å². The van der Waals surface area contributed by atoms with Crippen LogP contribution >= 0.6 is 23.4 Å². The summed E-state index contributed by atoms with van der Waals surface area (Å²) in [6, 6.07) is 11.8. The van der Waals surface area contributed by atoms with Crippen LogP contribution in [-0.2, 0) is 4.79 Å². The molecule has 1 amide bonds. The van der Waals surface area contributed by atoms with Crippen LogP contribution in [0.2, 0.25) is 5.02 Å². The molecule has 0 radical (unpaired) electrons. The smallest absolute Gasteiger partial charge is 0.237 e. The second-order valence-electron chi connectivity index (χ2n) is 5.55. The Morgan fingerprint density at radius 1 is 1.27 bits per heavy atom. The summed E-state index contributed by atoms with van der Waals surface area (Å²) >= 11 is 7.32. The molecule has 0 unspecified atom stereocenters. The topological polar surface area (TPSA) is 92.9 Å². The molecule has 7 nitrogen and oxygen atoms in total. The Bertz CT molecular complexity index is 929. The first-order valence-electron chi connectivity index (χ1n) is 7.76. The van der Waals surface area contributed by atoms with Crippen LogP contribution in [0.3, 0.4) is 0 Å². The maximum atomic E-state index is 12.5. The summed E-state index contributed by atoms with van der Waals surface area (Å²) in [4.78, 5) is 12.5. The minimum atomic E-state index is -0.435. The SMILES string of the molecule is Cc1c(Cl)cccc1NC(=O)[C@H](C)Sc1nnnn1-c1ccc(O)cc1. The zero-order valence-electron chi connectivity index (χ0n) is 14.0. The first kappa shape index (κ1) is 18.2. The Morgan fingerprint density at radius 2 is 2.00 bits per heavy atom. The molecule has 0 saturated carbocycles. The van der Waals surface area contributed by atoms with E-state index in [0.29, 0.717) is 21.6 Å². The standard InChI is InChI=1S/C17H16ClN5O2S/c1-10-14(18)4-3-5-15(10)19-16(25)11(2)26-17-20-21-22-23(17)12-6-8-13(24)9-7-12/h3-9,11,24H,1-2H3,(H,19,25)/t11-/m0/s1. The zero-order chi connectivity index (χ0) is 18.7. The number of aromatic nitrogens is 4. The van der Waals surface area contributed by atoms with Gasteiger partial charge in [0.15, 0.2) is 0 Å². The minimum Gasteiger partial charge on any atom is -0.508 e. The van der Waals surface area contributed by atoms with Gasteiger partial charge in [0.25, 0.3) is 0 Å². The number of nitrogens with one attached hydrogen (secondary N) is 1. The van der Waals surface area contributed by atoms with Crippen LogP contribution in [0, 0.1) is 6.92 Å². The second kappa shape index (κ2) is 7.76. The van der Waals surface area contributed by atoms with Crippen LogP contribution in [0.4, 0.5) is 5.69 Å². The van der Waals surface area contributed by atoms with Gasteiger partial charge in [0.1, 0.15) is 5.75 Å². The fraction of sp³-hybridized carbons (Fsp3) is 0.176. The van der Waals surface area contributed by atoms with E-state index in [1.54, 1.807) is 49.4 Å². The molecule has 1 heterocycles. The average molecular weight is 390 g/mol. The van der Waals surface area contributed by atoms with E-state index in [1.807, 2.05) is 6.92 Å². The summed E-state index contributed by atoms with van der Waals surface area (Å²) < 4.78 is 1.51. The molecule has 1 aromatic heterocycles. The van der Waals surface area contributed by atoms with Crippen molar-refractivity contribution >= 4 is 35.0 Å². The summed E-state index contributed by atoms with van der Waals surface area (Å²) in [7, 11) is 0. The molecule has 0 aliphatic carbocycles. The lowest BCUT2D eigenvalue weighted by molar-refractivity contribution is -0.115. The van der Waals surface area contributed by atoms with Gasteiger partial charge in [0.2, 0.25) is 11.1 Å². The first-order chi connectivity index (χ1) is 12.5. The maximum absolute atomic E-state index is 12.5. The predicted molar refractivity (Wildman–Crippen MR) is 101 cm³/mol. The Balaban J connectivity index is 1.73. The monoisotopic (exact) mass is 389 g/mol. The van der Waals surface area contributed by atoms with E-state index >= 15 is 0 Å². The molecule has 3 rings (SSSR count). The molecule has 134 valence electrons. The number of aromatic hydroxyl groups is 1. The number of benzene rings is 2. The molecule has 3 aromatic rings. The zero-order valence-corrected chi connectivity index (χ0v) is 15.6. The fourth-order valence-corrected chi connectivity index (χ4v) is 3.18. The number of hydrogen-bond acceptors (Lipinski definition) is 6. The first-order valence-corrected chi connectivity index (χ1v) is 9.02. The summed E-state index contributed by atoms with van der Waals surface area (Å²) in [5.41, 5.74) is 2.18. The highest BCUT2D eigenvalue weighted by Gasteiger charge is 2.20. The van der Waals surface area contributed by atoms with Gasteiger partial charge in [0.05, 0.1) is 10.9 Å². The average Bonchev–Trinajstić information content (AvgIpc) is 3.07. The third kappa shape index (κ3) is 3.97. The Labute approximate surface area is 159 Å². The molecular weight excluding hydrogens is 374 g/mol. The summed E-state index contributed by atoms with van der Waals surface area (Å²) in [5.74, 6) is -0.0266.